The fourth-order valence-corrected chi connectivity index (χ4v) is 3.04. The van der Waals surface area contributed by atoms with Crippen LogP contribution in [0.2, 0.25) is 0 Å². The minimum Gasteiger partial charge on any atom is -0.489 e. The predicted molar refractivity (Wildman–Crippen MR) is 95.7 cm³/mol. The first-order chi connectivity index (χ1) is 11.5. The predicted octanol–water partition coefficient (Wildman–Crippen LogP) is 3.93. The average Bonchev–Trinajstić information content (AvgIpc) is 3.15. The summed E-state index contributed by atoms with van der Waals surface area (Å²) in [5.41, 5.74) is 3.79. The van der Waals surface area contributed by atoms with Crippen molar-refractivity contribution in [3.8, 4) is 5.75 Å². The molecule has 0 aliphatic heterocycles. The van der Waals surface area contributed by atoms with Crippen molar-refractivity contribution in [2.45, 2.75) is 20.5 Å². The lowest BCUT2D eigenvalue weighted by molar-refractivity contribution is 0.103. The van der Waals surface area contributed by atoms with E-state index in [1.807, 2.05) is 56.6 Å². The van der Waals surface area contributed by atoms with Crippen LogP contribution in [0.25, 0.3) is 0 Å². The standard InChI is InChI=1S/C18H19N3O2S/c1-12-5-4-6-15(7-12)23-10-14-8-17(24-11-14)18(22)20-16-9-19-21(3)13(16)2/h4-9,11H,10H2,1-3H3,(H,20,22). The van der Waals surface area contributed by atoms with E-state index in [-0.39, 0.29) is 5.91 Å². The summed E-state index contributed by atoms with van der Waals surface area (Å²) in [6.45, 7) is 4.39. The average molecular weight is 341 g/mol. The SMILES string of the molecule is Cc1cccc(OCc2csc(C(=O)Nc3cnn(C)c3C)c2)c1. The number of hydrogen-bond acceptors (Lipinski definition) is 4. The molecule has 1 amide bonds. The number of carbonyl (C=O) groups is 1. The van der Waals surface area contributed by atoms with Gasteiger partial charge in [0.15, 0.2) is 0 Å². The molecule has 2 aromatic heterocycles. The van der Waals surface area contributed by atoms with Crippen molar-refractivity contribution in [3.05, 3.63) is 63.6 Å². The molecule has 0 fully saturated rings. The van der Waals surface area contributed by atoms with E-state index in [0.717, 1.165) is 28.3 Å². The van der Waals surface area contributed by atoms with Crippen LogP contribution < -0.4 is 10.1 Å². The molecule has 2 heterocycles. The lowest BCUT2D eigenvalue weighted by atomic mass is 10.2. The molecule has 0 unspecified atom stereocenters. The van der Waals surface area contributed by atoms with Crippen LogP contribution in [0.15, 0.2) is 41.9 Å². The summed E-state index contributed by atoms with van der Waals surface area (Å²) in [5, 5.41) is 8.96. The van der Waals surface area contributed by atoms with Crippen molar-refractivity contribution >= 4 is 22.9 Å². The first-order valence-electron chi connectivity index (χ1n) is 7.60. The van der Waals surface area contributed by atoms with E-state index in [2.05, 4.69) is 10.4 Å². The van der Waals surface area contributed by atoms with Gasteiger partial charge in [-0.2, -0.15) is 5.10 Å². The van der Waals surface area contributed by atoms with E-state index in [0.29, 0.717) is 11.5 Å². The summed E-state index contributed by atoms with van der Waals surface area (Å²) in [7, 11) is 1.84. The van der Waals surface area contributed by atoms with Crippen LogP contribution in [0.1, 0.15) is 26.5 Å². The number of anilines is 1. The van der Waals surface area contributed by atoms with E-state index < -0.39 is 0 Å². The molecule has 0 aliphatic rings. The molecule has 1 N–H and O–H groups in total. The van der Waals surface area contributed by atoms with Gasteiger partial charge in [0.05, 0.1) is 22.5 Å². The maximum atomic E-state index is 12.3. The Morgan fingerprint density at radius 3 is 2.88 bits per heavy atom. The number of amides is 1. The second-order valence-electron chi connectivity index (χ2n) is 5.65. The molecule has 124 valence electrons. The monoisotopic (exact) mass is 341 g/mol. The van der Waals surface area contributed by atoms with Gasteiger partial charge in [-0.1, -0.05) is 12.1 Å². The third-order valence-electron chi connectivity index (χ3n) is 3.76. The molecular formula is C18H19N3O2S. The van der Waals surface area contributed by atoms with Crippen LogP contribution in [0.5, 0.6) is 5.75 Å². The smallest absolute Gasteiger partial charge is 0.265 e. The van der Waals surface area contributed by atoms with Crippen molar-refractivity contribution in [1.82, 2.24) is 9.78 Å². The van der Waals surface area contributed by atoms with Gasteiger partial charge in [-0.05, 0) is 43.0 Å². The Morgan fingerprint density at radius 2 is 2.17 bits per heavy atom. The van der Waals surface area contributed by atoms with Crippen LogP contribution >= 0.6 is 11.3 Å². The highest BCUT2D eigenvalue weighted by Gasteiger charge is 2.12. The highest BCUT2D eigenvalue weighted by molar-refractivity contribution is 7.12. The first kappa shape index (κ1) is 16.3. The molecule has 5 nitrogen and oxygen atoms in total. The molecule has 0 aliphatic carbocycles. The number of thiophene rings is 1. The summed E-state index contributed by atoms with van der Waals surface area (Å²) in [6.07, 6.45) is 1.66. The molecule has 0 saturated heterocycles. The van der Waals surface area contributed by atoms with Gasteiger partial charge in [0, 0.05) is 12.6 Å². The van der Waals surface area contributed by atoms with Gasteiger partial charge in [0.1, 0.15) is 12.4 Å². The third kappa shape index (κ3) is 3.65. The second kappa shape index (κ2) is 6.88. The van der Waals surface area contributed by atoms with Gasteiger partial charge in [-0.3, -0.25) is 9.48 Å². The number of nitrogens with zero attached hydrogens (tertiary/aromatic N) is 2. The van der Waals surface area contributed by atoms with Crippen molar-refractivity contribution in [3.63, 3.8) is 0 Å². The Bertz CT molecular complexity index is 867. The van der Waals surface area contributed by atoms with Crippen LogP contribution in [-0.2, 0) is 13.7 Å². The van der Waals surface area contributed by atoms with E-state index in [4.69, 9.17) is 4.74 Å². The summed E-state index contributed by atoms with van der Waals surface area (Å²) in [4.78, 5) is 13.0. The lowest BCUT2D eigenvalue weighted by Gasteiger charge is -2.05. The number of hydrogen-bond donors (Lipinski definition) is 1. The van der Waals surface area contributed by atoms with Gasteiger partial charge in [0.2, 0.25) is 0 Å². The summed E-state index contributed by atoms with van der Waals surface area (Å²) >= 11 is 1.41. The molecule has 0 spiro atoms. The van der Waals surface area contributed by atoms with Crippen LogP contribution in [0.4, 0.5) is 5.69 Å². The number of aryl methyl sites for hydroxylation is 2. The Kier molecular flexibility index (Phi) is 4.66. The molecule has 0 atom stereocenters. The number of ether oxygens (including phenoxy) is 1. The molecule has 24 heavy (non-hydrogen) atoms. The third-order valence-corrected chi connectivity index (χ3v) is 4.73. The summed E-state index contributed by atoms with van der Waals surface area (Å²) < 4.78 is 7.50. The highest BCUT2D eigenvalue weighted by Crippen LogP contribution is 2.20. The van der Waals surface area contributed by atoms with Gasteiger partial charge in [-0.15, -0.1) is 11.3 Å². The molecule has 0 bridgehead atoms. The zero-order valence-electron chi connectivity index (χ0n) is 13.9. The fraction of sp³-hybridized carbons (Fsp3) is 0.222. The Hall–Kier alpha value is -2.60. The number of nitrogens with one attached hydrogen (secondary N) is 1. The maximum absolute atomic E-state index is 12.3. The molecule has 3 aromatic rings. The zero-order valence-corrected chi connectivity index (χ0v) is 14.7. The summed E-state index contributed by atoms with van der Waals surface area (Å²) in [6, 6.07) is 9.78. The van der Waals surface area contributed by atoms with Crippen molar-refractivity contribution in [1.29, 1.82) is 0 Å². The molecular weight excluding hydrogens is 322 g/mol. The van der Waals surface area contributed by atoms with Gasteiger partial charge in [-0.25, -0.2) is 0 Å². The molecule has 6 heteroatoms. The first-order valence-corrected chi connectivity index (χ1v) is 8.48. The van der Waals surface area contributed by atoms with E-state index in [1.54, 1.807) is 10.9 Å². The summed E-state index contributed by atoms with van der Waals surface area (Å²) in [5.74, 6) is 0.705. The van der Waals surface area contributed by atoms with Crippen molar-refractivity contribution < 1.29 is 9.53 Å². The minimum atomic E-state index is -0.127. The van der Waals surface area contributed by atoms with Gasteiger partial charge < -0.3 is 10.1 Å². The largest absolute Gasteiger partial charge is 0.489 e. The van der Waals surface area contributed by atoms with Gasteiger partial charge in [0.25, 0.3) is 5.91 Å². The quantitative estimate of drug-likeness (QED) is 0.765. The zero-order chi connectivity index (χ0) is 17.1. The van der Waals surface area contributed by atoms with E-state index >= 15 is 0 Å². The number of benzene rings is 1. The van der Waals surface area contributed by atoms with Crippen molar-refractivity contribution in [2.24, 2.45) is 7.05 Å². The van der Waals surface area contributed by atoms with Crippen LogP contribution in [0, 0.1) is 13.8 Å². The Morgan fingerprint density at radius 1 is 1.33 bits per heavy atom. The fourth-order valence-electron chi connectivity index (χ4n) is 2.25. The molecule has 0 saturated carbocycles. The Labute approximate surface area is 144 Å². The van der Waals surface area contributed by atoms with E-state index in [1.165, 1.54) is 11.3 Å². The number of carbonyl (C=O) groups excluding carboxylic acids is 1. The number of rotatable bonds is 5. The Balaban J connectivity index is 1.62. The van der Waals surface area contributed by atoms with Gasteiger partial charge >= 0.3 is 0 Å². The minimum absolute atomic E-state index is 0.127. The number of aromatic nitrogens is 2. The van der Waals surface area contributed by atoms with Crippen molar-refractivity contribution in [2.75, 3.05) is 5.32 Å². The molecule has 1 aromatic carbocycles. The maximum Gasteiger partial charge on any atom is 0.265 e. The highest BCUT2D eigenvalue weighted by atomic mass is 32.1. The van der Waals surface area contributed by atoms with Crippen LogP contribution in [0.3, 0.4) is 0 Å². The lowest BCUT2D eigenvalue weighted by Crippen LogP contribution is -2.10. The topological polar surface area (TPSA) is 56.1 Å². The molecule has 0 radical (unpaired) electrons. The second-order valence-corrected chi connectivity index (χ2v) is 6.56. The van der Waals surface area contributed by atoms with Crippen LogP contribution in [-0.4, -0.2) is 15.7 Å². The van der Waals surface area contributed by atoms with E-state index in [9.17, 15) is 4.79 Å². The molecule has 3 rings (SSSR count). The normalized spacial score (nSPS) is 10.6.